The molecule has 1 saturated heterocycles. The summed E-state index contributed by atoms with van der Waals surface area (Å²) in [5, 5.41) is 6.62. The largest absolute Gasteiger partial charge is 0.350 e. The highest BCUT2D eigenvalue weighted by atomic mass is 35.5. The maximum atomic E-state index is 12.5. The van der Waals surface area contributed by atoms with Gasteiger partial charge >= 0.3 is 6.03 Å². The number of likely N-dealkylation sites (tertiary alicyclic amines) is 1. The van der Waals surface area contributed by atoms with Crippen molar-refractivity contribution in [1.82, 2.24) is 10.2 Å². The summed E-state index contributed by atoms with van der Waals surface area (Å²) in [4.78, 5) is 26.7. The van der Waals surface area contributed by atoms with E-state index in [2.05, 4.69) is 10.6 Å². The van der Waals surface area contributed by atoms with Gasteiger partial charge in [-0.15, -0.1) is 0 Å². The molecule has 3 amide bonds. The number of halogens is 1. The number of nitrogens with zero attached hydrogens (tertiary/aromatic N) is 1. The topological polar surface area (TPSA) is 61.4 Å². The molecule has 2 aromatic rings. The molecule has 0 unspecified atom stereocenters. The predicted molar refractivity (Wildman–Crippen MR) is 117 cm³/mol. The van der Waals surface area contributed by atoms with Crippen LogP contribution in [0.1, 0.15) is 44.2 Å². The molecule has 5 nitrogen and oxygen atoms in total. The number of hydrogen-bond donors (Lipinski definition) is 2. The zero-order valence-electron chi connectivity index (χ0n) is 16.7. The van der Waals surface area contributed by atoms with Crippen molar-refractivity contribution in [1.29, 1.82) is 0 Å². The van der Waals surface area contributed by atoms with Gasteiger partial charge in [-0.3, -0.25) is 4.79 Å². The molecule has 3 rings (SSSR count). The zero-order chi connectivity index (χ0) is 20.6. The highest BCUT2D eigenvalue weighted by Gasteiger charge is 2.24. The van der Waals surface area contributed by atoms with Crippen LogP contribution in [0.4, 0.5) is 10.5 Å². The quantitative estimate of drug-likeness (QED) is 0.680. The number of nitrogens with one attached hydrogen (secondary N) is 2. The van der Waals surface area contributed by atoms with Gasteiger partial charge in [0.25, 0.3) is 0 Å². The van der Waals surface area contributed by atoms with Crippen LogP contribution in [0.3, 0.4) is 0 Å². The van der Waals surface area contributed by atoms with Gasteiger partial charge in [-0.05, 0) is 61.9 Å². The molecule has 2 atom stereocenters. The molecular formula is C23H28ClN3O2. The fourth-order valence-electron chi connectivity index (χ4n) is 3.69. The van der Waals surface area contributed by atoms with Crippen LogP contribution in [0.15, 0.2) is 54.6 Å². The number of amides is 3. The van der Waals surface area contributed by atoms with Crippen molar-refractivity contribution in [3.05, 3.63) is 65.2 Å². The van der Waals surface area contributed by atoms with Crippen LogP contribution in [0.2, 0.25) is 5.02 Å². The summed E-state index contributed by atoms with van der Waals surface area (Å²) < 4.78 is 0. The third-order valence-corrected chi connectivity index (χ3v) is 5.61. The van der Waals surface area contributed by atoms with Gasteiger partial charge in [0.05, 0.1) is 6.04 Å². The van der Waals surface area contributed by atoms with Crippen molar-refractivity contribution in [3.63, 3.8) is 0 Å². The monoisotopic (exact) mass is 413 g/mol. The molecule has 0 saturated carbocycles. The van der Waals surface area contributed by atoms with Gasteiger partial charge in [-0.2, -0.15) is 0 Å². The van der Waals surface area contributed by atoms with E-state index in [-0.39, 0.29) is 18.0 Å². The molecule has 0 spiro atoms. The van der Waals surface area contributed by atoms with Gasteiger partial charge in [-0.25, -0.2) is 4.79 Å². The van der Waals surface area contributed by atoms with E-state index >= 15 is 0 Å². The van der Waals surface area contributed by atoms with Crippen molar-refractivity contribution in [2.75, 3.05) is 18.4 Å². The maximum absolute atomic E-state index is 12.5. The second-order valence-corrected chi connectivity index (χ2v) is 8.07. The molecule has 154 valence electrons. The second-order valence-electron chi connectivity index (χ2n) is 7.63. The van der Waals surface area contributed by atoms with Crippen LogP contribution in [-0.4, -0.2) is 29.9 Å². The standard InChI is InChI=1S/C23H28ClN3O2/c1-17(19-7-3-2-4-8-19)25-22(28)14-9-18-6-5-15-27(16-18)23(29)26-21-12-10-20(24)11-13-21/h2-4,7-8,10-13,17-18H,5-6,9,14-16H2,1H3,(H,25,28)(H,26,29)/t17-,18+/m1/s1. The van der Waals surface area contributed by atoms with E-state index in [0.717, 1.165) is 37.1 Å². The normalized spacial score (nSPS) is 17.4. The van der Waals surface area contributed by atoms with Crippen LogP contribution < -0.4 is 10.6 Å². The van der Waals surface area contributed by atoms with Gasteiger partial charge in [0.2, 0.25) is 5.91 Å². The average molecular weight is 414 g/mol. The summed E-state index contributed by atoms with van der Waals surface area (Å²) in [6, 6.07) is 16.9. The van der Waals surface area contributed by atoms with E-state index in [1.807, 2.05) is 42.2 Å². The predicted octanol–water partition coefficient (Wildman–Crippen LogP) is 5.24. The Balaban J connectivity index is 1.43. The summed E-state index contributed by atoms with van der Waals surface area (Å²) in [7, 11) is 0. The van der Waals surface area contributed by atoms with Crippen LogP contribution in [0.5, 0.6) is 0 Å². The SMILES string of the molecule is C[C@@H](NC(=O)CC[C@@H]1CCCN(C(=O)Nc2ccc(Cl)cc2)C1)c1ccccc1. The summed E-state index contributed by atoms with van der Waals surface area (Å²) in [5.41, 5.74) is 1.83. The van der Waals surface area contributed by atoms with Gasteiger partial charge in [-0.1, -0.05) is 41.9 Å². The third kappa shape index (κ3) is 6.50. The first-order valence-electron chi connectivity index (χ1n) is 10.2. The first-order chi connectivity index (χ1) is 14.0. The Hall–Kier alpha value is -2.53. The molecule has 1 aliphatic heterocycles. The summed E-state index contributed by atoms with van der Waals surface area (Å²) in [6.07, 6.45) is 3.28. The summed E-state index contributed by atoms with van der Waals surface area (Å²) in [5.74, 6) is 0.404. The highest BCUT2D eigenvalue weighted by Crippen LogP contribution is 2.22. The Morgan fingerprint density at radius 1 is 1.14 bits per heavy atom. The molecule has 1 fully saturated rings. The lowest BCUT2D eigenvalue weighted by molar-refractivity contribution is -0.122. The number of rotatable bonds is 6. The van der Waals surface area contributed by atoms with E-state index in [9.17, 15) is 9.59 Å². The maximum Gasteiger partial charge on any atom is 0.321 e. The third-order valence-electron chi connectivity index (χ3n) is 5.36. The van der Waals surface area contributed by atoms with E-state index in [1.165, 1.54) is 0 Å². The molecule has 29 heavy (non-hydrogen) atoms. The van der Waals surface area contributed by atoms with Crippen molar-refractivity contribution < 1.29 is 9.59 Å². The van der Waals surface area contributed by atoms with Crippen molar-refractivity contribution in [3.8, 4) is 0 Å². The van der Waals surface area contributed by atoms with Crippen LogP contribution in [-0.2, 0) is 4.79 Å². The molecule has 0 aromatic heterocycles. The average Bonchev–Trinajstić information content (AvgIpc) is 2.74. The molecule has 2 aromatic carbocycles. The molecule has 2 N–H and O–H groups in total. The number of hydrogen-bond acceptors (Lipinski definition) is 2. The number of piperidine rings is 1. The number of urea groups is 1. The summed E-state index contributed by atoms with van der Waals surface area (Å²) in [6.45, 7) is 3.42. The van der Waals surface area contributed by atoms with Gasteiger partial charge < -0.3 is 15.5 Å². The lowest BCUT2D eigenvalue weighted by Gasteiger charge is -2.32. The molecule has 1 heterocycles. The van der Waals surface area contributed by atoms with E-state index < -0.39 is 0 Å². The fourth-order valence-corrected chi connectivity index (χ4v) is 3.82. The fraction of sp³-hybridized carbons (Fsp3) is 0.391. The van der Waals surface area contributed by atoms with Crippen LogP contribution in [0, 0.1) is 5.92 Å². The van der Waals surface area contributed by atoms with Crippen LogP contribution in [0.25, 0.3) is 0 Å². The second kappa shape index (κ2) is 10.3. The first kappa shape index (κ1) is 21.2. The number of benzene rings is 2. The lowest BCUT2D eigenvalue weighted by atomic mass is 9.93. The van der Waals surface area contributed by atoms with Gasteiger partial charge in [0.15, 0.2) is 0 Å². The van der Waals surface area contributed by atoms with Crippen molar-refractivity contribution in [2.45, 2.75) is 38.6 Å². The molecule has 0 bridgehead atoms. The highest BCUT2D eigenvalue weighted by molar-refractivity contribution is 6.30. The van der Waals surface area contributed by atoms with Gasteiger partial charge in [0.1, 0.15) is 0 Å². The Bertz CT molecular complexity index is 811. The van der Waals surface area contributed by atoms with E-state index in [1.54, 1.807) is 24.3 Å². The number of anilines is 1. The first-order valence-corrected chi connectivity index (χ1v) is 10.5. The molecule has 1 aliphatic rings. The van der Waals surface area contributed by atoms with E-state index in [4.69, 9.17) is 11.6 Å². The van der Waals surface area contributed by atoms with Crippen molar-refractivity contribution >= 4 is 29.2 Å². The molecule has 0 radical (unpaired) electrons. The molecule has 0 aliphatic carbocycles. The Kier molecular flexibility index (Phi) is 7.53. The smallest absolute Gasteiger partial charge is 0.321 e. The minimum Gasteiger partial charge on any atom is -0.350 e. The lowest BCUT2D eigenvalue weighted by Crippen LogP contribution is -2.42. The minimum absolute atomic E-state index is 0.00305. The molecular weight excluding hydrogens is 386 g/mol. The Morgan fingerprint density at radius 3 is 2.59 bits per heavy atom. The zero-order valence-corrected chi connectivity index (χ0v) is 17.5. The van der Waals surface area contributed by atoms with E-state index in [0.29, 0.717) is 23.9 Å². The summed E-state index contributed by atoms with van der Waals surface area (Å²) >= 11 is 5.89. The Labute approximate surface area is 177 Å². The minimum atomic E-state index is -0.0980. The van der Waals surface area contributed by atoms with Crippen molar-refractivity contribution in [2.24, 2.45) is 5.92 Å². The Morgan fingerprint density at radius 2 is 1.86 bits per heavy atom. The number of carbonyl (C=O) groups is 2. The molecule has 6 heteroatoms. The van der Waals surface area contributed by atoms with Gasteiger partial charge in [0, 0.05) is 30.2 Å². The number of carbonyl (C=O) groups excluding carboxylic acids is 2. The van der Waals surface area contributed by atoms with Crippen LogP contribution >= 0.6 is 11.6 Å².